The van der Waals surface area contributed by atoms with Crippen molar-refractivity contribution in [3.8, 4) is 0 Å². The average Bonchev–Trinajstić information content (AvgIpc) is 2.26. The van der Waals surface area contributed by atoms with E-state index in [1.165, 1.54) is 0 Å². The number of amides is 1. The quantitative estimate of drug-likeness (QED) is 0.702. The van der Waals surface area contributed by atoms with Gasteiger partial charge in [-0.05, 0) is 33.6 Å². The highest BCUT2D eigenvalue weighted by Crippen LogP contribution is 2.42. The highest BCUT2D eigenvalue weighted by molar-refractivity contribution is 7.94. The third-order valence-corrected chi connectivity index (χ3v) is 6.70. The predicted molar refractivity (Wildman–Crippen MR) is 71.5 cm³/mol. The standard InChI is InChI=1S/C12H22N2O4S/c1-11(2,3)18-10(15)14-6-4-12(5-7-14)9(13)8-19(12,16)17/h9H,4-8,13H2,1-3H3. The molecule has 0 saturated carbocycles. The van der Waals surface area contributed by atoms with Crippen molar-refractivity contribution in [2.24, 2.45) is 5.73 Å². The van der Waals surface area contributed by atoms with E-state index in [0.29, 0.717) is 25.9 Å². The monoisotopic (exact) mass is 290 g/mol. The Kier molecular flexibility index (Phi) is 3.33. The Morgan fingerprint density at radius 1 is 1.32 bits per heavy atom. The molecular formula is C12H22N2O4S. The summed E-state index contributed by atoms with van der Waals surface area (Å²) in [6.45, 7) is 6.21. The molecule has 1 spiro atoms. The number of sulfone groups is 1. The van der Waals surface area contributed by atoms with Crippen molar-refractivity contribution in [2.75, 3.05) is 18.8 Å². The molecule has 7 heteroatoms. The first-order valence-corrected chi connectivity index (χ1v) is 8.18. The van der Waals surface area contributed by atoms with Gasteiger partial charge in [0, 0.05) is 19.1 Å². The number of carbonyl (C=O) groups excluding carboxylic acids is 1. The number of hydrogen-bond donors (Lipinski definition) is 1. The summed E-state index contributed by atoms with van der Waals surface area (Å²) in [6.07, 6.45) is 0.443. The molecule has 0 aromatic rings. The summed E-state index contributed by atoms with van der Waals surface area (Å²) >= 11 is 0. The molecule has 1 atom stereocenters. The third kappa shape index (κ3) is 2.45. The van der Waals surface area contributed by atoms with Crippen LogP contribution in [0.5, 0.6) is 0 Å². The second kappa shape index (κ2) is 4.34. The van der Waals surface area contributed by atoms with Gasteiger partial charge in [-0.1, -0.05) is 0 Å². The summed E-state index contributed by atoms with van der Waals surface area (Å²) in [5.74, 6) is 0.0689. The van der Waals surface area contributed by atoms with Gasteiger partial charge in [0.1, 0.15) is 5.60 Å². The first kappa shape index (κ1) is 14.6. The number of hydrogen-bond acceptors (Lipinski definition) is 5. The average molecular weight is 290 g/mol. The molecular weight excluding hydrogens is 268 g/mol. The van der Waals surface area contributed by atoms with Crippen LogP contribution in [0.25, 0.3) is 0 Å². The SMILES string of the molecule is CC(C)(C)OC(=O)N1CCC2(CC1)C(N)CS2(=O)=O. The Bertz CT molecular complexity index is 472. The van der Waals surface area contributed by atoms with Crippen molar-refractivity contribution >= 4 is 15.9 Å². The summed E-state index contributed by atoms with van der Waals surface area (Å²) in [4.78, 5) is 13.5. The zero-order valence-corrected chi connectivity index (χ0v) is 12.5. The third-order valence-electron chi connectivity index (χ3n) is 3.96. The van der Waals surface area contributed by atoms with Gasteiger partial charge in [-0.2, -0.15) is 0 Å². The number of nitrogens with two attached hydrogens (primary N) is 1. The van der Waals surface area contributed by atoms with Gasteiger partial charge >= 0.3 is 6.09 Å². The zero-order valence-electron chi connectivity index (χ0n) is 11.7. The molecule has 2 N–H and O–H groups in total. The molecule has 0 aliphatic carbocycles. The summed E-state index contributed by atoms with van der Waals surface area (Å²) in [5, 5.41) is 0. The summed E-state index contributed by atoms with van der Waals surface area (Å²) in [5.41, 5.74) is 5.34. The summed E-state index contributed by atoms with van der Waals surface area (Å²) in [7, 11) is -3.08. The van der Waals surface area contributed by atoms with Crippen molar-refractivity contribution in [2.45, 2.75) is 50.0 Å². The highest BCUT2D eigenvalue weighted by atomic mass is 32.2. The maximum absolute atomic E-state index is 11.9. The van der Waals surface area contributed by atoms with Crippen LogP contribution in [-0.4, -0.2) is 54.6 Å². The second-order valence-electron chi connectivity index (χ2n) is 6.42. The molecule has 0 radical (unpaired) electrons. The van der Waals surface area contributed by atoms with Gasteiger partial charge in [0.2, 0.25) is 0 Å². The van der Waals surface area contributed by atoms with Crippen molar-refractivity contribution in [3.05, 3.63) is 0 Å². The van der Waals surface area contributed by atoms with Crippen LogP contribution >= 0.6 is 0 Å². The molecule has 110 valence electrons. The zero-order chi connectivity index (χ0) is 14.5. The van der Waals surface area contributed by atoms with Crippen molar-refractivity contribution in [1.82, 2.24) is 4.90 Å². The molecule has 0 bridgehead atoms. The Morgan fingerprint density at radius 2 is 1.84 bits per heavy atom. The fourth-order valence-corrected chi connectivity index (χ4v) is 4.94. The lowest BCUT2D eigenvalue weighted by Crippen LogP contribution is -2.70. The van der Waals surface area contributed by atoms with Gasteiger partial charge in [0.05, 0.1) is 10.5 Å². The Morgan fingerprint density at radius 3 is 2.21 bits per heavy atom. The van der Waals surface area contributed by atoms with Crippen molar-refractivity contribution in [1.29, 1.82) is 0 Å². The van der Waals surface area contributed by atoms with Crippen LogP contribution in [0.1, 0.15) is 33.6 Å². The van der Waals surface area contributed by atoms with E-state index in [-0.39, 0.29) is 17.9 Å². The molecule has 2 heterocycles. The molecule has 2 saturated heterocycles. The fourth-order valence-electron chi connectivity index (χ4n) is 2.76. The van der Waals surface area contributed by atoms with Gasteiger partial charge in [-0.3, -0.25) is 0 Å². The van der Waals surface area contributed by atoms with Crippen molar-refractivity contribution in [3.63, 3.8) is 0 Å². The Labute approximate surface area is 114 Å². The first-order valence-electron chi connectivity index (χ1n) is 6.53. The molecule has 2 fully saturated rings. The molecule has 1 amide bonds. The Hall–Kier alpha value is -0.820. The molecule has 2 rings (SSSR count). The lowest BCUT2D eigenvalue weighted by molar-refractivity contribution is 0.0182. The molecule has 0 aromatic carbocycles. The smallest absolute Gasteiger partial charge is 0.410 e. The van der Waals surface area contributed by atoms with Gasteiger partial charge in [0.25, 0.3) is 0 Å². The molecule has 6 nitrogen and oxygen atoms in total. The minimum Gasteiger partial charge on any atom is -0.444 e. The summed E-state index contributed by atoms with van der Waals surface area (Å²) in [6, 6.07) is -0.293. The first-order chi connectivity index (χ1) is 8.57. The van der Waals surface area contributed by atoms with Gasteiger partial charge in [0.15, 0.2) is 9.84 Å². The lowest BCUT2D eigenvalue weighted by Gasteiger charge is -2.50. The van der Waals surface area contributed by atoms with E-state index in [2.05, 4.69) is 0 Å². The molecule has 19 heavy (non-hydrogen) atoms. The molecule has 2 aliphatic rings. The molecule has 2 aliphatic heterocycles. The maximum atomic E-state index is 11.9. The summed E-state index contributed by atoms with van der Waals surface area (Å²) < 4.78 is 28.3. The van der Waals surface area contributed by atoms with E-state index in [4.69, 9.17) is 10.5 Å². The van der Waals surface area contributed by atoms with Gasteiger partial charge < -0.3 is 15.4 Å². The van der Waals surface area contributed by atoms with E-state index in [9.17, 15) is 13.2 Å². The second-order valence-corrected chi connectivity index (χ2v) is 8.80. The molecule has 1 unspecified atom stereocenters. The fraction of sp³-hybridized carbons (Fsp3) is 0.917. The van der Waals surface area contributed by atoms with Gasteiger partial charge in [-0.25, -0.2) is 13.2 Å². The highest BCUT2D eigenvalue weighted by Gasteiger charge is 2.59. The van der Waals surface area contributed by atoms with E-state index < -0.39 is 20.2 Å². The largest absolute Gasteiger partial charge is 0.444 e. The number of piperidine rings is 1. The number of likely N-dealkylation sites (tertiary alicyclic amines) is 1. The topological polar surface area (TPSA) is 89.7 Å². The van der Waals surface area contributed by atoms with Crippen LogP contribution in [0.2, 0.25) is 0 Å². The van der Waals surface area contributed by atoms with E-state index in [1.54, 1.807) is 4.90 Å². The maximum Gasteiger partial charge on any atom is 0.410 e. The van der Waals surface area contributed by atoms with Gasteiger partial charge in [-0.15, -0.1) is 0 Å². The number of carbonyl (C=O) groups is 1. The normalized spacial score (nSPS) is 28.8. The number of ether oxygens (including phenoxy) is 1. The van der Waals surface area contributed by atoms with Crippen LogP contribution in [0.15, 0.2) is 0 Å². The van der Waals surface area contributed by atoms with E-state index in [0.717, 1.165) is 0 Å². The van der Waals surface area contributed by atoms with Crippen LogP contribution in [-0.2, 0) is 14.6 Å². The van der Waals surface area contributed by atoms with Crippen LogP contribution in [0.3, 0.4) is 0 Å². The predicted octanol–water partition coefficient (Wildman–Crippen LogP) is 0.512. The number of rotatable bonds is 0. The van der Waals surface area contributed by atoms with Crippen LogP contribution in [0, 0.1) is 0 Å². The Balaban J connectivity index is 1.99. The minimum atomic E-state index is -3.08. The van der Waals surface area contributed by atoms with Crippen molar-refractivity contribution < 1.29 is 17.9 Å². The minimum absolute atomic E-state index is 0.0689. The van der Waals surface area contributed by atoms with Crippen LogP contribution in [0.4, 0.5) is 4.79 Å². The molecule has 0 aromatic heterocycles. The lowest BCUT2D eigenvalue weighted by atomic mass is 9.88. The van der Waals surface area contributed by atoms with E-state index in [1.807, 2.05) is 20.8 Å². The van der Waals surface area contributed by atoms with Crippen LogP contribution < -0.4 is 5.73 Å². The number of nitrogens with zero attached hydrogens (tertiary/aromatic N) is 1. The van der Waals surface area contributed by atoms with E-state index >= 15 is 0 Å².